The van der Waals surface area contributed by atoms with Gasteiger partial charge < -0.3 is 14.6 Å². The third-order valence-corrected chi connectivity index (χ3v) is 5.93. The van der Waals surface area contributed by atoms with E-state index >= 15 is 0 Å². The Morgan fingerprint density at radius 2 is 1.79 bits per heavy atom. The van der Waals surface area contributed by atoms with Crippen molar-refractivity contribution < 1.29 is 14.1 Å². The SMILES string of the molecule is Cc1onc(C(=O)Nc2nn(Cc3c(Cl)cccc3Cl)cc2Cl)c1COc1cccc(Cl)c1. The second kappa shape index (κ2) is 10.1. The second-order valence-corrected chi connectivity index (χ2v) is 8.65. The van der Waals surface area contributed by atoms with Crippen LogP contribution in [0.4, 0.5) is 5.82 Å². The average molecular weight is 526 g/mol. The third-order valence-electron chi connectivity index (χ3n) is 4.71. The number of amides is 1. The molecule has 2 aromatic carbocycles. The number of halogens is 4. The number of anilines is 1. The van der Waals surface area contributed by atoms with Crippen LogP contribution in [0.25, 0.3) is 0 Å². The molecule has 33 heavy (non-hydrogen) atoms. The molecule has 0 aliphatic rings. The van der Waals surface area contributed by atoms with Crippen molar-refractivity contribution in [3.05, 3.63) is 91.3 Å². The first kappa shape index (κ1) is 23.4. The van der Waals surface area contributed by atoms with Crippen molar-refractivity contribution in [3.63, 3.8) is 0 Å². The Morgan fingerprint density at radius 3 is 2.52 bits per heavy atom. The summed E-state index contributed by atoms with van der Waals surface area (Å²) in [6.07, 6.45) is 1.56. The van der Waals surface area contributed by atoms with E-state index in [2.05, 4.69) is 15.6 Å². The number of nitrogens with one attached hydrogen (secondary N) is 1. The fourth-order valence-corrected chi connectivity index (χ4v) is 3.92. The van der Waals surface area contributed by atoms with E-state index in [1.165, 1.54) is 4.68 Å². The Bertz CT molecular complexity index is 1300. The number of carbonyl (C=O) groups excluding carboxylic acids is 1. The summed E-state index contributed by atoms with van der Waals surface area (Å²) in [6.45, 7) is 2.02. The van der Waals surface area contributed by atoms with E-state index in [1.807, 2.05) is 0 Å². The average Bonchev–Trinajstić information content (AvgIpc) is 3.31. The summed E-state index contributed by atoms with van der Waals surface area (Å²) in [5.74, 6) is 0.619. The fourth-order valence-electron chi connectivity index (χ4n) is 3.03. The smallest absolute Gasteiger partial charge is 0.279 e. The van der Waals surface area contributed by atoms with E-state index in [0.29, 0.717) is 37.7 Å². The van der Waals surface area contributed by atoms with Crippen molar-refractivity contribution >= 4 is 58.1 Å². The van der Waals surface area contributed by atoms with E-state index in [9.17, 15) is 4.79 Å². The Kier molecular flexibility index (Phi) is 7.14. The van der Waals surface area contributed by atoms with Gasteiger partial charge in [0.05, 0.1) is 12.1 Å². The topological polar surface area (TPSA) is 82.2 Å². The van der Waals surface area contributed by atoms with Gasteiger partial charge in [0.15, 0.2) is 11.5 Å². The lowest BCUT2D eigenvalue weighted by atomic mass is 10.2. The first-order valence-corrected chi connectivity index (χ1v) is 11.1. The molecule has 2 heterocycles. The zero-order chi connectivity index (χ0) is 23.5. The summed E-state index contributed by atoms with van der Waals surface area (Å²) in [5.41, 5.74) is 1.24. The lowest BCUT2D eigenvalue weighted by molar-refractivity contribution is 0.101. The van der Waals surface area contributed by atoms with Crippen LogP contribution in [0.5, 0.6) is 5.75 Å². The molecule has 4 aromatic rings. The number of hydrogen-bond donors (Lipinski definition) is 1. The van der Waals surface area contributed by atoms with Crippen LogP contribution in [-0.2, 0) is 13.2 Å². The molecule has 0 fully saturated rings. The van der Waals surface area contributed by atoms with Crippen molar-refractivity contribution in [2.75, 3.05) is 5.32 Å². The van der Waals surface area contributed by atoms with Crippen LogP contribution in [0.3, 0.4) is 0 Å². The summed E-state index contributed by atoms with van der Waals surface area (Å²) in [5, 5.41) is 12.6. The van der Waals surface area contributed by atoms with E-state index in [1.54, 1.807) is 55.6 Å². The number of aromatic nitrogens is 3. The number of nitrogens with zero attached hydrogens (tertiary/aromatic N) is 3. The number of benzene rings is 2. The van der Waals surface area contributed by atoms with Crippen LogP contribution < -0.4 is 10.1 Å². The van der Waals surface area contributed by atoms with Crippen LogP contribution in [0, 0.1) is 6.92 Å². The highest BCUT2D eigenvalue weighted by molar-refractivity contribution is 6.36. The minimum absolute atomic E-state index is 0.0611. The van der Waals surface area contributed by atoms with Crippen molar-refractivity contribution in [2.45, 2.75) is 20.1 Å². The van der Waals surface area contributed by atoms with Crippen molar-refractivity contribution in [3.8, 4) is 5.75 Å². The highest BCUT2D eigenvalue weighted by atomic mass is 35.5. The molecule has 0 bridgehead atoms. The van der Waals surface area contributed by atoms with Gasteiger partial charge in [-0.1, -0.05) is 63.7 Å². The number of hydrogen-bond acceptors (Lipinski definition) is 5. The molecule has 7 nitrogen and oxygen atoms in total. The fraction of sp³-hybridized carbons (Fsp3) is 0.136. The van der Waals surface area contributed by atoms with E-state index in [0.717, 1.165) is 0 Å². The normalized spacial score (nSPS) is 10.9. The molecule has 0 spiro atoms. The van der Waals surface area contributed by atoms with E-state index in [4.69, 9.17) is 55.7 Å². The molecule has 0 atom stereocenters. The number of rotatable bonds is 7. The molecule has 0 aliphatic carbocycles. The quantitative estimate of drug-likeness (QED) is 0.291. The monoisotopic (exact) mass is 524 g/mol. The highest BCUT2D eigenvalue weighted by Crippen LogP contribution is 2.27. The lowest BCUT2D eigenvalue weighted by Crippen LogP contribution is -2.16. The van der Waals surface area contributed by atoms with Crippen molar-refractivity contribution in [1.29, 1.82) is 0 Å². The number of aryl methyl sites for hydroxylation is 1. The number of carbonyl (C=O) groups is 1. The summed E-state index contributed by atoms with van der Waals surface area (Å²) >= 11 is 24.7. The minimum atomic E-state index is -0.542. The predicted octanol–water partition coefficient (Wildman–Crippen LogP) is 6.67. The predicted molar refractivity (Wildman–Crippen MR) is 128 cm³/mol. The maximum Gasteiger partial charge on any atom is 0.279 e. The highest BCUT2D eigenvalue weighted by Gasteiger charge is 2.22. The summed E-state index contributed by atoms with van der Waals surface area (Å²) < 4.78 is 12.5. The largest absolute Gasteiger partial charge is 0.489 e. The van der Waals surface area contributed by atoms with Gasteiger partial charge in [-0.25, -0.2) is 0 Å². The van der Waals surface area contributed by atoms with Crippen LogP contribution in [0.2, 0.25) is 20.1 Å². The molecule has 0 unspecified atom stereocenters. The molecule has 1 amide bonds. The van der Waals surface area contributed by atoms with Crippen molar-refractivity contribution in [2.24, 2.45) is 0 Å². The molecular formula is C22H16Cl4N4O3. The van der Waals surface area contributed by atoms with Gasteiger partial charge >= 0.3 is 0 Å². The Balaban J connectivity index is 1.49. The summed E-state index contributed by atoms with van der Waals surface area (Å²) in [6, 6.07) is 12.1. The van der Waals surface area contributed by atoms with Gasteiger partial charge in [0.2, 0.25) is 0 Å². The zero-order valence-electron chi connectivity index (χ0n) is 17.1. The third kappa shape index (κ3) is 5.45. The van der Waals surface area contributed by atoms with Crippen LogP contribution in [0.15, 0.2) is 53.2 Å². The van der Waals surface area contributed by atoms with Gasteiger partial charge in [0.25, 0.3) is 5.91 Å². The summed E-state index contributed by atoms with van der Waals surface area (Å²) in [7, 11) is 0. The second-order valence-electron chi connectivity index (χ2n) is 6.99. The maximum absolute atomic E-state index is 12.9. The maximum atomic E-state index is 12.9. The lowest BCUT2D eigenvalue weighted by Gasteiger charge is -2.07. The van der Waals surface area contributed by atoms with E-state index in [-0.39, 0.29) is 29.7 Å². The van der Waals surface area contributed by atoms with Gasteiger partial charge in [-0.3, -0.25) is 9.48 Å². The van der Waals surface area contributed by atoms with Crippen molar-refractivity contribution in [1.82, 2.24) is 14.9 Å². The molecule has 170 valence electrons. The molecule has 4 rings (SSSR count). The van der Waals surface area contributed by atoms with Gasteiger partial charge in [-0.15, -0.1) is 0 Å². The molecule has 0 saturated carbocycles. The molecule has 11 heteroatoms. The van der Waals surface area contributed by atoms with Gasteiger partial charge in [0, 0.05) is 26.8 Å². The molecule has 1 N–H and O–H groups in total. The van der Waals surface area contributed by atoms with Crippen LogP contribution >= 0.6 is 46.4 Å². The first-order chi connectivity index (χ1) is 15.8. The van der Waals surface area contributed by atoms with Crippen LogP contribution in [-0.4, -0.2) is 20.8 Å². The van der Waals surface area contributed by atoms with E-state index < -0.39 is 5.91 Å². The molecule has 0 radical (unpaired) electrons. The van der Waals surface area contributed by atoms with Gasteiger partial charge in [0.1, 0.15) is 23.1 Å². The summed E-state index contributed by atoms with van der Waals surface area (Å²) in [4.78, 5) is 12.9. The van der Waals surface area contributed by atoms with Crippen LogP contribution in [0.1, 0.15) is 27.4 Å². The Labute approximate surface area is 209 Å². The standard InChI is InChI=1S/C22H16Cl4N4O3/c1-12-16(11-32-14-5-2-4-13(23)8-14)20(29-33-12)22(31)27-21-19(26)10-30(28-21)9-15-17(24)6-3-7-18(15)25/h2-8,10H,9,11H2,1H3,(H,27,28,31). The minimum Gasteiger partial charge on any atom is -0.489 e. The first-order valence-electron chi connectivity index (χ1n) is 9.62. The van der Waals surface area contributed by atoms with Gasteiger partial charge in [-0.2, -0.15) is 5.10 Å². The molecule has 0 saturated heterocycles. The molecule has 0 aliphatic heterocycles. The molecule has 2 aromatic heterocycles. The molecular weight excluding hydrogens is 510 g/mol. The van der Waals surface area contributed by atoms with Gasteiger partial charge in [-0.05, 0) is 37.3 Å². The Morgan fingerprint density at radius 1 is 1.06 bits per heavy atom. The Hall–Kier alpha value is -2.71. The number of ether oxygens (including phenoxy) is 1. The zero-order valence-corrected chi connectivity index (χ0v) is 20.1.